The van der Waals surface area contributed by atoms with Gasteiger partial charge in [-0.05, 0) is 58.1 Å². The summed E-state index contributed by atoms with van der Waals surface area (Å²) in [5, 5.41) is 13.9. The summed E-state index contributed by atoms with van der Waals surface area (Å²) in [6.07, 6.45) is 3.23. The van der Waals surface area contributed by atoms with Gasteiger partial charge in [-0.15, -0.1) is 0 Å². The molecular weight excluding hydrogens is 349 g/mol. The lowest BCUT2D eigenvalue weighted by Gasteiger charge is -2.36. The van der Waals surface area contributed by atoms with Gasteiger partial charge in [0.05, 0.1) is 10.6 Å². The summed E-state index contributed by atoms with van der Waals surface area (Å²) in [7, 11) is 4.16. The van der Waals surface area contributed by atoms with Gasteiger partial charge in [0.2, 0.25) is 0 Å². The first-order valence-electron chi connectivity index (χ1n) is 8.94. The van der Waals surface area contributed by atoms with Gasteiger partial charge >= 0.3 is 0 Å². The van der Waals surface area contributed by atoms with E-state index in [1.807, 2.05) is 0 Å². The highest BCUT2D eigenvalue weighted by atomic mass is 19.1. The summed E-state index contributed by atoms with van der Waals surface area (Å²) >= 11 is 0. The highest BCUT2D eigenvalue weighted by Crippen LogP contribution is 2.28. The summed E-state index contributed by atoms with van der Waals surface area (Å²) in [6, 6.07) is 7.13. The molecule has 0 spiro atoms. The van der Waals surface area contributed by atoms with Gasteiger partial charge in [-0.25, -0.2) is 9.37 Å². The molecule has 2 heterocycles. The van der Waals surface area contributed by atoms with Crippen molar-refractivity contribution >= 4 is 22.9 Å². The Bertz CT molecular complexity index is 835. The van der Waals surface area contributed by atoms with Crippen molar-refractivity contribution in [3.8, 4) is 0 Å². The lowest BCUT2D eigenvalue weighted by molar-refractivity contribution is -0.385. The second kappa shape index (κ2) is 7.87. The normalized spacial score (nSPS) is 15.2. The van der Waals surface area contributed by atoms with Crippen molar-refractivity contribution < 1.29 is 9.31 Å². The number of nitrogens with one attached hydrogen (secondary N) is 1. The number of anilines is 3. The Morgan fingerprint density at radius 2 is 2.00 bits per heavy atom. The molecular formula is C19H24FN5O2. The molecule has 8 heteroatoms. The van der Waals surface area contributed by atoms with Crippen LogP contribution in [0.25, 0.3) is 0 Å². The molecule has 1 N–H and O–H groups in total. The van der Waals surface area contributed by atoms with Gasteiger partial charge in [-0.1, -0.05) is 0 Å². The molecule has 3 rings (SSSR count). The Morgan fingerprint density at radius 1 is 1.30 bits per heavy atom. The van der Waals surface area contributed by atoms with Crippen LogP contribution in [0.2, 0.25) is 0 Å². The first-order chi connectivity index (χ1) is 12.8. The molecule has 144 valence electrons. The van der Waals surface area contributed by atoms with Crippen LogP contribution in [0.3, 0.4) is 0 Å². The fourth-order valence-electron chi connectivity index (χ4n) is 3.42. The van der Waals surface area contributed by atoms with Gasteiger partial charge < -0.3 is 15.1 Å². The van der Waals surface area contributed by atoms with E-state index in [-0.39, 0.29) is 11.5 Å². The first-order valence-corrected chi connectivity index (χ1v) is 8.94. The Kier molecular flexibility index (Phi) is 5.55. The predicted octanol–water partition coefficient (Wildman–Crippen LogP) is 3.71. The van der Waals surface area contributed by atoms with Gasteiger partial charge in [0.1, 0.15) is 17.8 Å². The number of pyridine rings is 1. The zero-order valence-electron chi connectivity index (χ0n) is 15.8. The Balaban J connectivity index is 1.70. The summed E-state index contributed by atoms with van der Waals surface area (Å²) < 4.78 is 14.6. The quantitative estimate of drug-likeness (QED) is 0.636. The fourth-order valence-corrected chi connectivity index (χ4v) is 3.42. The monoisotopic (exact) mass is 373 g/mol. The Morgan fingerprint density at radius 3 is 2.56 bits per heavy atom. The highest BCUT2D eigenvalue weighted by molar-refractivity contribution is 5.63. The third-order valence-electron chi connectivity index (χ3n) is 5.04. The van der Waals surface area contributed by atoms with Gasteiger partial charge in [0.25, 0.3) is 5.69 Å². The summed E-state index contributed by atoms with van der Waals surface area (Å²) in [4.78, 5) is 18.7. The molecule has 0 aliphatic carbocycles. The zero-order valence-corrected chi connectivity index (χ0v) is 15.8. The summed E-state index contributed by atoms with van der Waals surface area (Å²) in [5.74, 6) is 0.152. The molecule has 0 amide bonds. The first kappa shape index (κ1) is 19.0. The van der Waals surface area contributed by atoms with Crippen LogP contribution in [0.1, 0.15) is 18.4 Å². The second-order valence-electron chi connectivity index (χ2n) is 7.09. The standard InChI is InChI=1S/C19H24FN5O2/c1-13-10-19(21-12-18(13)25(26)27)22-14-4-5-17(16(20)11-14)24-8-6-15(7-9-24)23(2)3/h4-5,10-12,15H,6-9H2,1-3H3,(H,21,22). The van der Waals surface area contributed by atoms with Crippen molar-refractivity contribution in [1.29, 1.82) is 0 Å². The Labute approximate surface area is 158 Å². The Hall–Kier alpha value is -2.74. The number of nitro groups is 1. The van der Waals surface area contributed by atoms with Gasteiger partial charge in [-0.2, -0.15) is 0 Å². The largest absolute Gasteiger partial charge is 0.369 e. The maximum Gasteiger partial charge on any atom is 0.290 e. The molecule has 0 saturated carbocycles. The minimum Gasteiger partial charge on any atom is -0.369 e. The minimum atomic E-state index is -0.472. The van der Waals surface area contributed by atoms with Crippen molar-refractivity contribution in [2.75, 3.05) is 37.4 Å². The lowest BCUT2D eigenvalue weighted by atomic mass is 10.0. The smallest absolute Gasteiger partial charge is 0.290 e. The van der Waals surface area contributed by atoms with E-state index in [4.69, 9.17) is 0 Å². The molecule has 1 aliphatic rings. The van der Waals surface area contributed by atoms with E-state index < -0.39 is 4.92 Å². The summed E-state index contributed by atoms with van der Waals surface area (Å²) in [6.45, 7) is 3.30. The van der Waals surface area contributed by atoms with Crippen molar-refractivity contribution in [2.45, 2.75) is 25.8 Å². The molecule has 1 fully saturated rings. The molecule has 2 aromatic rings. The number of aromatic nitrogens is 1. The van der Waals surface area contributed by atoms with Crippen molar-refractivity contribution in [3.05, 3.63) is 52.0 Å². The molecule has 1 aliphatic heterocycles. The van der Waals surface area contributed by atoms with Crippen LogP contribution < -0.4 is 10.2 Å². The number of aryl methyl sites for hydroxylation is 1. The molecule has 0 unspecified atom stereocenters. The van der Waals surface area contributed by atoms with Crippen LogP contribution in [0.5, 0.6) is 0 Å². The molecule has 1 saturated heterocycles. The molecule has 1 aromatic carbocycles. The van der Waals surface area contributed by atoms with Crippen LogP contribution in [-0.4, -0.2) is 48.0 Å². The maximum atomic E-state index is 14.6. The van der Waals surface area contributed by atoms with Gasteiger partial charge in [0, 0.05) is 30.4 Å². The average Bonchev–Trinajstić information content (AvgIpc) is 2.62. The molecule has 27 heavy (non-hydrogen) atoms. The van der Waals surface area contributed by atoms with E-state index >= 15 is 0 Å². The summed E-state index contributed by atoms with van der Waals surface area (Å²) in [5.41, 5.74) is 1.62. The van der Waals surface area contributed by atoms with E-state index in [0.717, 1.165) is 25.9 Å². The van der Waals surface area contributed by atoms with E-state index in [1.165, 1.54) is 12.3 Å². The SMILES string of the molecule is Cc1cc(Nc2ccc(N3CCC(N(C)C)CC3)c(F)c2)ncc1[N+](=O)[O-]. The number of hydrogen-bond acceptors (Lipinski definition) is 6. The number of halogens is 1. The third kappa shape index (κ3) is 4.33. The second-order valence-corrected chi connectivity index (χ2v) is 7.09. The van der Waals surface area contributed by atoms with E-state index in [9.17, 15) is 14.5 Å². The van der Waals surface area contributed by atoms with E-state index in [1.54, 1.807) is 25.1 Å². The van der Waals surface area contributed by atoms with Gasteiger partial charge in [-0.3, -0.25) is 10.1 Å². The molecule has 1 aromatic heterocycles. The highest BCUT2D eigenvalue weighted by Gasteiger charge is 2.22. The number of benzene rings is 1. The van der Waals surface area contributed by atoms with E-state index in [2.05, 4.69) is 34.2 Å². The van der Waals surface area contributed by atoms with Crippen molar-refractivity contribution in [3.63, 3.8) is 0 Å². The van der Waals surface area contributed by atoms with Gasteiger partial charge in [0.15, 0.2) is 0 Å². The number of rotatable bonds is 5. The van der Waals surface area contributed by atoms with Crippen LogP contribution >= 0.6 is 0 Å². The van der Waals surface area contributed by atoms with Crippen LogP contribution in [0.4, 0.5) is 27.3 Å². The molecule has 0 radical (unpaired) electrons. The maximum absolute atomic E-state index is 14.6. The third-order valence-corrected chi connectivity index (χ3v) is 5.04. The number of hydrogen-bond donors (Lipinski definition) is 1. The van der Waals surface area contributed by atoms with E-state index in [0.29, 0.717) is 28.8 Å². The molecule has 0 bridgehead atoms. The van der Waals surface area contributed by atoms with Crippen molar-refractivity contribution in [2.24, 2.45) is 0 Å². The zero-order chi connectivity index (χ0) is 19.6. The van der Waals surface area contributed by atoms with Crippen LogP contribution in [0.15, 0.2) is 30.5 Å². The fraction of sp³-hybridized carbons (Fsp3) is 0.421. The van der Waals surface area contributed by atoms with Crippen LogP contribution in [0, 0.1) is 22.9 Å². The topological polar surface area (TPSA) is 74.5 Å². The predicted molar refractivity (Wildman–Crippen MR) is 104 cm³/mol. The molecule has 7 nitrogen and oxygen atoms in total. The molecule has 0 atom stereocenters. The van der Waals surface area contributed by atoms with Crippen LogP contribution in [-0.2, 0) is 0 Å². The average molecular weight is 373 g/mol. The van der Waals surface area contributed by atoms with Crippen molar-refractivity contribution in [1.82, 2.24) is 9.88 Å². The lowest BCUT2D eigenvalue weighted by Crippen LogP contribution is -2.42. The number of piperidine rings is 1. The minimum absolute atomic E-state index is 0.0387. The number of nitrogens with zero attached hydrogens (tertiary/aromatic N) is 4.